The number of hydrogen-bond acceptors (Lipinski definition) is 6. The number of halogens is 1. The molecule has 4 rings (SSSR count). The molecule has 1 saturated heterocycles. The predicted molar refractivity (Wildman–Crippen MR) is 125 cm³/mol. The molecule has 7 nitrogen and oxygen atoms in total. The molecule has 1 aromatic heterocycles. The third-order valence-electron chi connectivity index (χ3n) is 5.41. The Bertz CT molecular complexity index is 1140. The monoisotopic (exact) mass is 468 g/mol. The minimum Gasteiger partial charge on any atom is -0.341 e. The summed E-state index contributed by atoms with van der Waals surface area (Å²) in [5.74, 6) is 0.651. The first kappa shape index (κ1) is 23.0. The van der Waals surface area contributed by atoms with Gasteiger partial charge in [0, 0.05) is 24.3 Å². The number of likely N-dealkylation sites (tertiary alicyclic amines) is 1. The number of piperidine rings is 1. The third kappa shape index (κ3) is 6.19. The van der Waals surface area contributed by atoms with Crippen LogP contribution in [0.3, 0.4) is 0 Å². The molecular weight excluding hydrogens is 443 g/mol. The first-order valence-electron chi connectivity index (χ1n) is 10.8. The van der Waals surface area contributed by atoms with Crippen LogP contribution in [0.4, 0.5) is 10.1 Å². The fourth-order valence-corrected chi connectivity index (χ4v) is 4.51. The summed E-state index contributed by atoms with van der Waals surface area (Å²) in [6.07, 6.45) is 1.66. The van der Waals surface area contributed by atoms with Crippen LogP contribution in [0.25, 0.3) is 11.4 Å². The van der Waals surface area contributed by atoms with Crippen molar-refractivity contribution in [2.45, 2.75) is 25.7 Å². The molecule has 1 atom stereocenters. The van der Waals surface area contributed by atoms with Crippen LogP contribution >= 0.6 is 11.8 Å². The fourth-order valence-electron chi connectivity index (χ4n) is 3.79. The molecule has 33 heavy (non-hydrogen) atoms. The minimum atomic E-state index is -0.363. The lowest BCUT2D eigenvalue weighted by Crippen LogP contribution is -2.40. The zero-order chi connectivity index (χ0) is 23.2. The summed E-state index contributed by atoms with van der Waals surface area (Å²) in [6, 6.07) is 13.6. The Hall–Kier alpha value is -3.20. The van der Waals surface area contributed by atoms with Crippen LogP contribution in [0.1, 0.15) is 30.2 Å². The Morgan fingerprint density at radius 2 is 2.06 bits per heavy atom. The van der Waals surface area contributed by atoms with Crippen LogP contribution in [0.2, 0.25) is 0 Å². The molecule has 1 aliphatic rings. The molecule has 2 aromatic carbocycles. The highest BCUT2D eigenvalue weighted by molar-refractivity contribution is 8.00. The largest absolute Gasteiger partial charge is 0.341 e. The number of hydrogen-bond donors (Lipinski definition) is 1. The lowest BCUT2D eigenvalue weighted by atomic mass is 9.98. The van der Waals surface area contributed by atoms with Gasteiger partial charge in [-0.1, -0.05) is 29.4 Å². The highest BCUT2D eigenvalue weighted by Crippen LogP contribution is 2.28. The first-order chi connectivity index (χ1) is 16.0. The van der Waals surface area contributed by atoms with E-state index in [9.17, 15) is 14.0 Å². The van der Waals surface area contributed by atoms with Gasteiger partial charge in [0.1, 0.15) is 5.82 Å². The van der Waals surface area contributed by atoms with Crippen LogP contribution in [-0.4, -0.2) is 51.5 Å². The van der Waals surface area contributed by atoms with Crippen molar-refractivity contribution in [2.24, 2.45) is 0 Å². The molecule has 1 unspecified atom stereocenters. The molecule has 9 heteroatoms. The summed E-state index contributed by atoms with van der Waals surface area (Å²) in [7, 11) is 0. The molecular formula is C24H25FN4O3S. The third-order valence-corrected chi connectivity index (χ3v) is 6.33. The molecule has 1 N–H and O–H groups in total. The Kier molecular flexibility index (Phi) is 7.39. The maximum Gasteiger partial charge on any atom is 0.234 e. The molecule has 172 valence electrons. The van der Waals surface area contributed by atoms with Crippen LogP contribution in [0, 0.1) is 12.7 Å². The summed E-state index contributed by atoms with van der Waals surface area (Å²) < 4.78 is 18.9. The van der Waals surface area contributed by atoms with E-state index in [0.717, 1.165) is 24.1 Å². The van der Waals surface area contributed by atoms with E-state index in [1.807, 2.05) is 31.2 Å². The lowest BCUT2D eigenvalue weighted by molar-refractivity contribution is -0.129. The molecule has 2 heterocycles. The second-order valence-electron chi connectivity index (χ2n) is 8.06. The van der Waals surface area contributed by atoms with E-state index < -0.39 is 0 Å². The number of amides is 2. The van der Waals surface area contributed by atoms with Gasteiger partial charge in [-0.05, 0) is 49.6 Å². The van der Waals surface area contributed by atoms with E-state index in [2.05, 4.69) is 15.5 Å². The average Bonchev–Trinajstić information content (AvgIpc) is 3.30. The number of anilines is 1. The van der Waals surface area contributed by atoms with Crippen molar-refractivity contribution >= 4 is 29.3 Å². The second kappa shape index (κ2) is 10.6. The summed E-state index contributed by atoms with van der Waals surface area (Å²) in [5, 5.41) is 6.82. The van der Waals surface area contributed by atoms with Crippen LogP contribution in [0.5, 0.6) is 0 Å². The fraction of sp³-hybridized carbons (Fsp3) is 0.333. The number of benzene rings is 2. The quantitative estimate of drug-likeness (QED) is 0.557. The van der Waals surface area contributed by atoms with Gasteiger partial charge in [-0.25, -0.2) is 4.39 Å². The van der Waals surface area contributed by atoms with Crippen molar-refractivity contribution < 1.29 is 18.5 Å². The molecule has 0 spiro atoms. The number of rotatable bonds is 7. The zero-order valence-electron chi connectivity index (χ0n) is 18.3. The zero-order valence-corrected chi connectivity index (χ0v) is 19.1. The van der Waals surface area contributed by atoms with Gasteiger partial charge in [0.15, 0.2) is 0 Å². The smallest absolute Gasteiger partial charge is 0.234 e. The van der Waals surface area contributed by atoms with Gasteiger partial charge in [-0.2, -0.15) is 4.98 Å². The van der Waals surface area contributed by atoms with Crippen molar-refractivity contribution in [3.05, 3.63) is 65.8 Å². The van der Waals surface area contributed by atoms with Gasteiger partial charge in [-0.3, -0.25) is 9.59 Å². The number of aromatic nitrogens is 2. The van der Waals surface area contributed by atoms with E-state index in [1.54, 1.807) is 17.0 Å². The highest BCUT2D eigenvalue weighted by atomic mass is 32.2. The van der Waals surface area contributed by atoms with E-state index in [0.29, 0.717) is 30.4 Å². The summed E-state index contributed by atoms with van der Waals surface area (Å²) in [4.78, 5) is 31.1. The van der Waals surface area contributed by atoms with Gasteiger partial charge >= 0.3 is 0 Å². The maximum absolute atomic E-state index is 13.5. The number of carbonyl (C=O) groups excluding carboxylic acids is 2. The van der Waals surface area contributed by atoms with E-state index in [-0.39, 0.29) is 35.1 Å². The van der Waals surface area contributed by atoms with Gasteiger partial charge < -0.3 is 14.7 Å². The van der Waals surface area contributed by atoms with Crippen molar-refractivity contribution in [3.8, 4) is 11.4 Å². The summed E-state index contributed by atoms with van der Waals surface area (Å²) >= 11 is 1.30. The Morgan fingerprint density at radius 1 is 1.21 bits per heavy atom. The van der Waals surface area contributed by atoms with Crippen molar-refractivity contribution in [1.29, 1.82) is 0 Å². The standard InChI is InChI=1S/C24H25FN4O3S/c1-16-5-2-9-20(11-16)26-21(30)14-33-15-22(31)29-10-4-7-18(13-29)24-27-23(28-32-24)17-6-3-8-19(25)12-17/h2-3,5-6,8-9,11-12,18H,4,7,10,13-15H2,1H3,(H,26,30). The predicted octanol–water partition coefficient (Wildman–Crippen LogP) is 4.26. The number of nitrogens with zero attached hydrogens (tertiary/aromatic N) is 3. The molecule has 0 bridgehead atoms. The van der Waals surface area contributed by atoms with Gasteiger partial charge in [0.25, 0.3) is 0 Å². The maximum atomic E-state index is 13.5. The average molecular weight is 469 g/mol. The van der Waals surface area contributed by atoms with Crippen LogP contribution < -0.4 is 5.32 Å². The lowest BCUT2D eigenvalue weighted by Gasteiger charge is -2.31. The Labute approximate surface area is 195 Å². The van der Waals surface area contributed by atoms with Crippen LogP contribution in [-0.2, 0) is 9.59 Å². The van der Waals surface area contributed by atoms with Crippen molar-refractivity contribution in [3.63, 3.8) is 0 Å². The molecule has 0 saturated carbocycles. The van der Waals surface area contributed by atoms with E-state index >= 15 is 0 Å². The van der Waals surface area contributed by atoms with E-state index in [1.165, 1.54) is 23.9 Å². The minimum absolute atomic E-state index is 0.0158. The van der Waals surface area contributed by atoms with Crippen molar-refractivity contribution in [1.82, 2.24) is 15.0 Å². The molecule has 3 aromatic rings. The summed E-state index contributed by atoms with van der Waals surface area (Å²) in [6.45, 7) is 3.11. The Balaban J connectivity index is 1.27. The van der Waals surface area contributed by atoms with E-state index in [4.69, 9.17) is 4.52 Å². The number of carbonyl (C=O) groups is 2. The number of nitrogens with one attached hydrogen (secondary N) is 1. The van der Waals surface area contributed by atoms with Crippen molar-refractivity contribution in [2.75, 3.05) is 29.9 Å². The second-order valence-corrected chi connectivity index (χ2v) is 9.04. The van der Waals surface area contributed by atoms with Gasteiger partial charge in [0.2, 0.25) is 23.5 Å². The molecule has 2 amide bonds. The Morgan fingerprint density at radius 3 is 2.88 bits per heavy atom. The van der Waals surface area contributed by atoms with Crippen LogP contribution in [0.15, 0.2) is 53.1 Å². The molecule has 1 aliphatic heterocycles. The van der Waals surface area contributed by atoms with Gasteiger partial charge in [-0.15, -0.1) is 11.8 Å². The molecule has 0 radical (unpaired) electrons. The SMILES string of the molecule is Cc1cccc(NC(=O)CSCC(=O)N2CCCC(c3nc(-c4cccc(F)c4)no3)C2)c1. The topological polar surface area (TPSA) is 88.3 Å². The number of thioether (sulfide) groups is 1. The summed E-state index contributed by atoms with van der Waals surface area (Å²) in [5.41, 5.74) is 2.37. The van der Waals surface area contributed by atoms with Gasteiger partial charge in [0.05, 0.1) is 17.4 Å². The first-order valence-corrected chi connectivity index (χ1v) is 11.9. The molecule has 0 aliphatic carbocycles. The number of aryl methyl sites for hydroxylation is 1. The normalized spacial score (nSPS) is 15.9. The molecule has 1 fully saturated rings. The highest BCUT2D eigenvalue weighted by Gasteiger charge is 2.28.